The maximum atomic E-state index is 13.2. The predicted octanol–water partition coefficient (Wildman–Crippen LogP) is 2.79. The van der Waals surface area contributed by atoms with E-state index in [1.807, 2.05) is 28.0 Å². The molecule has 0 bridgehead atoms. The molecule has 3 amide bonds. The number of likely N-dealkylation sites (tertiary alicyclic amines) is 3. The number of amides is 3. The van der Waals surface area contributed by atoms with E-state index in [2.05, 4.69) is 6.92 Å². The van der Waals surface area contributed by atoms with Crippen molar-refractivity contribution in [3.05, 3.63) is 35.9 Å². The number of carbonyl (C=O) groups excluding carboxylic acids is 3. The summed E-state index contributed by atoms with van der Waals surface area (Å²) in [5, 5.41) is 0. The van der Waals surface area contributed by atoms with E-state index in [4.69, 9.17) is 0 Å². The van der Waals surface area contributed by atoms with Gasteiger partial charge >= 0.3 is 0 Å². The van der Waals surface area contributed by atoms with Gasteiger partial charge in [0.25, 0.3) is 5.91 Å². The van der Waals surface area contributed by atoms with Gasteiger partial charge in [-0.1, -0.05) is 25.1 Å². The molecule has 1 aromatic carbocycles. The fourth-order valence-electron chi connectivity index (χ4n) is 5.22. The lowest BCUT2D eigenvalue weighted by Crippen LogP contribution is -2.51. The van der Waals surface area contributed by atoms with Gasteiger partial charge in [-0.05, 0) is 56.6 Å². The minimum atomic E-state index is -0.368. The van der Waals surface area contributed by atoms with Crippen LogP contribution in [0.2, 0.25) is 0 Å². The SMILES string of the molecule is CC1CCCN(C(=O)C2CCN(C(=O)C3CCCN3C(=O)c3ccccc3)CC2)C1. The van der Waals surface area contributed by atoms with Crippen LogP contribution in [0.1, 0.15) is 55.8 Å². The third-order valence-electron chi connectivity index (χ3n) is 6.94. The molecule has 0 aromatic heterocycles. The predicted molar refractivity (Wildman–Crippen MR) is 115 cm³/mol. The summed E-state index contributed by atoms with van der Waals surface area (Å²) in [5.41, 5.74) is 0.636. The third-order valence-corrected chi connectivity index (χ3v) is 6.94. The largest absolute Gasteiger partial charge is 0.342 e. The van der Waals surface area contributed by atoms with Gasteiger partial charge in [0.15, 0.2) is 0 Å². The van der Waals surface area contributed by atoms with Gasteiger partial charge < -0.3 is 14.7 Å². The normalized spacial score (nSPS) is 25.4. The van der Waals surface area contributed by atoms with Crippen molar-refractivity contribution in [3.8, 4) is 0 Å². The number of benzene rings is 1. The molecule has 1 aromatic rings. The molecule has 3 heterocycles. The van der Waals surface area contributed by atoms with Gasteiger partial charge in [0.05, 0.1) is 0 Å². The minimum absolute atomic E-state index is 0.0324. The molecule has 3 saturated heterocycles. The second-order valence-electron chi connectivity index (χ2n) is 9.15. The van der Waals surface area contributed by atoms with Crippen LogP contribution in [0.3, 0.4) is 0 Å². The Balaban J connectivity index is 1.33. The molecular formula is C24H33N3O3. The lowest BCUT2D eigenvalue weighted by atomic mass is 9.92. The fraction of sp³-hybridized carbons (Fsp3) is 0.625. The summed E-state index contributed by atoms with van der Waals surface area (Å²) in [7, 11) is 0. The number of nitrogens with zero attached hydrogens (tertiary/aromatic N) is 3. The van der Waals surface area contributed by atoms with Crippen molar-refractivity contribution in [2.24, 2.45) is 11.8 Å². The van der Waals surface area contributed by atoms with Crippen LogP contribution in [0.25, 0.3) is 0 Å². The van der Waals surface area contributed by atoms with Crippen LogP contribution in [0.5, 0.6) is 0 Å². The minimum Gasteiger partial charge on any atom is -0.342 e. The maximum Gasteiger partial charge on any atom is 0.254 e. The van der Waals surface area contributed by atoms with Crippen molar-refractivity contribution in [1.82, 2.24) is 14.7 Å². The molecule has 2 unspecified atom stereocenters. The average Bonchev–Trinajstić information content (AvgIpc) is 3.28. The molecule has 4 rings (SSSR count). The molecule has 30 heavy (non-hydrogen) atoms. The second kappa shape index (κ2) is 9.19. The number of piperidine rings is 2. The van der Waals surface area contributed by atoms with Crippen LogP contribution in [0.4, 0.5) is 0 Å². The zero-order valence-corrected chi connectivity index (χ0v) is 18.0. The molecule has 0 N–H and O–H groups in total. The van der Waals surface area contributed by atoms with Gasteiger partial charge in [0.1, 0.15) is 6.04 Å². The highest BCUT2D eigenvalue weighted by Crippen LogP contribution is 2.27. The van der Waals surface area contributed by atoms with Crippen molar-refractivity contribution in [1.29, 1.82) is 0 Å². The number of hydrogen-bond acceptors (Lipinski definition) is 3. The molecule has 3 aliphatic rings. The van der Waals surface area contributed by atoms with Crippen molar-refractivity contribution in [2.45, 2.75) is 51.5 Å². The topological polar surface area (TPSA) is 60.9 Å². The van der Waals surface area contributed by atoms with Crippen LogP contribution in [0, 0.1) is 11.8 Å². The zero-order valence-electron chi connectivity index (χ0n) is 18.0. The van der Waals surface area contributed by atoms with E-state index in [-0.39, 0.29) is 29.7 Å². The molecule has 0 aliphatic carbocycles. The Morgan fingerprint density at radius 3 is 2.20 bits per heavy atom. The van der Waals surface area contributed by atoms with Gasteiger partial charge in [-0.2, -0.15) is 0 Å². The Hall–Kier alpha value is -2.37. The molecular weight excluding hydrogens is 378 g/mol. The van der Waals surface area contributed by atoms with E-state index in [1.54, 1.807) is 17.0 Å². The van der Waals surface area contributed by atoms with Gasteiger partial charge in [-0.3, -0.25) is 14.4 Å². The Kier molecular flexibility index (Phi) is 6.40. The highest BCUT2D eigenvalue weighted by molar-refractivity contribution is 5.98. The first-order valence-electron chi connectivity index (χ1n) is 11.5. The van der Waals surface area contributed by atoms with Crippen LogP contribution < -0.4 is 0 Å². The Morgan fingerprint density at radius 2 is 1.50 bits per heavy atom. The Labute approximate surface area is 179 Å². The highest BCUT2D eigenvalue weighted by Gasteiger charge is 2.39. The number of carbonyl (C=O) groups is 3. The van der Waals surface area contributed by atoms with Crippen LogP contribution in [-0.2, 0) is 9.59 Å². The first-order chi connectivity index (χ1) is 14.5. The third kappa shape index (κ3) is 4.37. The zero-order chi connectivity index (χ0) is 21.1. The molecule has 3 aliphatic heterocycles. The smallest absolute Gasteiger partial charge is 0.254 e. The average molecular weight is 412 g/mol. The summed E-state index contributed by atoms with van der Waals surface area (Å²) in [6.45, 7) is 5.82. The maximum absolute atomic E-state index is 13.2. The molecule has 162 valence electrons. The molecule has 3 fully saturated rings. The lowest BCUT2D eigenvalue weighted by molar-refractivity contribution is -0.143. The Bertz CT molecular complexity index is 773. The van der Waals surface area contributed by atoms with Crippen molar-refractivity contribution >= 4 is 17.7 Å². The van der Waals surface area contributed by atoms with E-state index >= 15 is 0 Å². The van der Waals surface area contributed by atoms with Crippen molar-refractivity contribution in [2.75, 3.05) is 32.7 Å². The fourth-order valence-corrected chi connectivity index (χ4v) is 5.22. The molecule has 0 spiro atoms. The lowest BCUT2D eigenvalue weighted by Gasteiger charge is -2.38. The first kappa shape index (κ1) is 20.9. The van der Waals surface area contributed by atoms with Crippen molar-refractivity contribution in [3.63, 3.8) is 0 Å². The number of rotatable bonds is 3. The summed E-state index contributed by atoms with van der Waals surface area (Å²) in [6.07, 6.45) is 5.34. The van der Waals surface area contributed by atoms with Gasteiger partial charge in [0, 0.05) is 44.2 Å². The molecule has 0 saturated carbocycles. The molecule has 2 atom stereocenters. The van der Waals surface area contributed by atoms with Crippen LogP contribution in [-0.4, -0.2) is 71.2 Å². The molecule has 0 radical (unpaired) electrons. The van der Waals surface area contributed by atoms with E-state index in [1.165, 1.54) is 6.42 Å². The first-order valence-corrected chi connectivity index (χ1v) is 11.5. The summed E-state index contributed by atoms with van der Waals surface area (Å²) >= 11 is 0. The van der Waals surface area contributed by atoms with Gasteiger partial charge in [-0.15, -0.1) is 0 Å². The summed E-state index contributed by atoms with van der Waals surface area (Å²) in [5.74, 6) is 0.880. The van der Waals surface area contributed by atoms with Gasteiger partial charge in [-0.25, -0.2) is 0 Å². The summed E-state index contributed by atoms with van der Waals surface area (Å²) in [4.78, 5) is 44.7. The van der Waals surface area contributed by atoms with Gasteiger partial charge in [0.2, 0.25) is 11.8 Å². The monoisotopic (exact) mass is 411 g/mol. The molecule has 6 nitrogen and oxygen atoms in total. The Morgan fingerprint density at radius 1 is 0.800 bits per heavy atom. The van der Waals surface area contributed by atoms with E-state index in [9.17, 15) is 14.4 Å². The van der Waals surface area contributed by atoms with E-state index < -0.39 is 0 Å². The number of hydrogen-bond donors (Lipinski definition) is 0. The standard InChI is InChI=1S/C24H33N3O3/c1-18-7-5-13-26(17-18)22(28)20-11-15-25(16-12-20)24(30)21-10-6-14-27(21)23(29)19-8-3-2-4-9-19/h2-4,8-9,18,20-21H,5-7,10-17H2,1H3. The van der Waals surface area contributed by atoms with Crippen LogP contribution >= 0.6 is 0 Å². The van der Waals surface area contributed by atoms with E-state index in [0.717, 1.165) is 45.2 Å². The quantitative estimate of drug-likeness (QED) is 0.768. The van der Waals surface area contributed by atoms with Crippen LogP contribution in [0.15, 0.2) is 30.3 Å². The second-order valence-corrected chi connectivity index (χ2v) is 9.15. The van der Waals surface area contributed by atoms with Crippen molar-refractivity contribution < 1.29 is 14.4 Å². The van der Waals surface area contributed by atoms with E-state index in [0.29, 0.717) is 31.1 Å². The summed E-state index contributed by atoms with van der Waals surface area (Å²) in [6, 6.07) is 8.84. The molecule has 6 heteroatoms. The summed E-state index contributed by atoms with van der Waals surface area (Å²) < 4.78 is 0. The highest BCUT2D eigenvalue weighted by atomic mass is 16.2.